The van der Waals surface area contributed by atoms with Gasteiger partial charge in [-0.2, -0.15) is 0 Å². The number of rotatable bonds is 5. The van der Waals surface area contributed by atoms with Crippen LogP contribution in [-0.4, -0.2) is 34.8 Å². The van der Waals surface area contributed by atoms with Crippen molar-refractivity contribution in [2.75, 3.05) is 18.0 Å². The third-order valence-corrected chi connectivity index (χ3v) is 2.61. The van der Waals surface area contributed by atoms with E-state index >= 15 is 0 Å². The van der Waals surface area contributed by atoms with E-state index < -0.39 is 11.7 Å². The summed E-state index contributed by atoms with van der Waals surface area (Å²) in [6, 6.07) is 1.88. The number of nitrogens with one attached hydrogen (secondary N) is 1. The first-order valence-electron chi connectivity index (χ1n) is 6.88. The molecule has 1 N–H and O–H groups in total. The number of alkyl carbamates (subject to hydrolysis) is 1. The second-order valence-electron chi connectivity index (χ2n) is 5.40. The fourth-order valence-electron chi connectivity index (χ4n) is 1.68. The predicted molar refractivity (Wildman–Crippen MR) is 80.8 cm³/mol. The van der Waals surface area contributed by atoms with E-state index in [9.17, 15) is 4.79 Å². The molecule has 0 aromatic carbocycles. The number of hydrogen-bond donors (Lipinski definition) is 1. The minimum absolute atomic E-state index is 0. The van der Waals surface area contributed by atoms with Crippen LogP contribution in [0.3, 0.4) is 0 Å². The summed E-state index contributed by atoms with van der Waals surface area (Å²) in [5, 5.41) is 2.69. The van der Waals surface area contributed by atoms with Gasteiger partial charge in [-0.25, -0.2) is 14.8 Å². The number of nitrogens with zero attached hydrogens (tertiary/aromatic N) is 3. The van der Waals surface area contributed by atoms with E-state index in [0.717, 1.165) is 24.6 Å². The molecule has 1 aromatic heterocycles. The van der Waals surface area contributed by atoms with Crippen molar-refractivity contribution in [1.82, 2.24) is 15.3 Å². The van der Waals surface area contributed by atoms with Crippen molar-refractivity contribution < 1.29 is 11.0 Å². The summed E-state index contributed by atoms with van der Waals surface area (Å²) < 4.78 is 5.18. The monoisotopic (exact) mass is 282 g/mol. The van der Waals surface area contributed by atoms with Crippen LogP contribution in [0.25, 0.3) is 0 Å². The van der Waals surface area contributed by atoms with E-state index in [-0.39, 0.29) is 1.43 Å². The Morgan fingerprint density at radius 1 is 1.35 bits per heavy atom. The molecule has 0 aliphatic rings. The minimum Gasteiger partial charge on any atom is -0.444 e. The van der Waals surface area contributed by atoms with Crippen molar-refractivity contribution in [3.05, 3.63) is 18.1 Å². The molecule has 6 nitrogen and oxygen atoms in total. The maximum absolute atomic E-state index is 11.6. The van der Waals surface area contributed by atoms with Crippen molar-refractivity contribution in [2.45, 2.75) is 46.8 Å². The molecule has 0 spiro atoms. The molecular formula is C14H26N4O2. The van der Waals surface area contributed by atoms with Gasteiger partial charge < -0.3 is 15.0 Å². The van der Waals surface area contributed by atoms with Gasteiger partial charge in [0.1, 0.15) is 17.7 Å². The molecule has 0 atom stereocenters. The molecule has 1 amide bonds. The summed E-state index contributed by atoms with van der Waals surface area (Å²) >= 11 is 0. The van der Waals surface area contributed by atoms with Crippen LogP contribution < -0.4 is 10.2 Å². The fourth-order valence-corrected chi connectivity index (χ4v) is 1.68. The zero-order valence-electron chi connectivity index (χ0n) is 12.9. The van der Waals surface area contributed by atoms with Crippen LogP contribution in [0.5, 0.6) is 0 Å². The SMILES string of the molecule is CCN(CC)c1cc(CNC(=O)OC(C)(C)C)ncn1.[HH]. The molecule has 20 heavy (non-hydrogen) atoms. The number of amides is 1. The molecule has 0 aliphatic carbocycles. The van der Waals surface area contributed by atoms with E-state index in [1.807, 2.05) is 26.8 Å². The zero-order chi connectivity index (χ0) is 15.2. The molecule has 0 saturated carbocycles. The Labute approximate surface area is 122 Å². The van der Waals surface area contributed by atoms with Gasteiger partial charge in [0.2, 0.25) is 0 Å². The Hall–Kier alpha value is -1.85. The van der Waals surface area contributed by atoms with Crippen molar-refractivity contribution in [3.8, 4) is 0 Å². The summed E-state index contributed by atoms with van der Waals surface area (Å²) in [6.07, 6.45) is 1.07. The highest BCUT2D eigenvalue weighted by Gasteiger charge is 2.16. The standard InChI is InChI=1S/C14H24N4O2.H2/c1-6-18(7-2)12-8-11(16-10-17-12)9-15-13(19)20-14(3,4)5;/h8,10H,6-7,9H2,1-5H3,(H,15,19);1H. The molecule has 0 saturated heterocycles. The Morgan fingerprint density at radius 3 is 2.55 bits per heavy atom. The van der Waals surface area contributed by atoms with E-state index in [4.69, 9.17) is 4.74 Å². The van der Waals surface area contributed by atoms with Gasteiger partial charge in [0.15, 0.2) is 0 Å². The molecular weight excluding hydrogens is 256 g/mol. The van der Waals surface area contributed by atoms with Crippen molar-refractivity contribution >= 4 is 11.9 Å². The van der Waals surface area contributed by atoms with Crippen molar-refractivity contribution in [1.29, 1.82) is 0 Å². The molecule has 0 bridgehead atoms. The number of carbonyl (C=O) groups is 1. The van der Waals surface area contributed by atoms with Crippen molar-refractivity contribution in [3.63, 3.8) is 0 Å². The molecule has 1 rings (SSSR count). The Balaban J connectivity index is 0.00000400. The van der Waals surface area contributed by atoms with E-state index in [0.29, 0.717) is 6.54 Å². The number of ether oxygens (including phenoxy) is 1. The van der Waals surface area contributed by atoms with Crippen molar-refractivity contribution in [2.24, 2.45) is 0 Å². The van der Waals surface area contributed by atoms with Gasteiger partial charge in [-0.3, -0.25) is 0 Å². The number of anilines is 1. The van der Waals surface area contributed by atoms with Gasteiger partial charge in [-0.1, -0.05) is 0 Å². The van der Waals surface area contributed by atoms with Gasteiger partial charge in [0.25, 0.3) is 0 Å². The van der Waals surface area contributed by atoms with Crippen LogP contribution in [0.4, 0.5) is 10.6 Å². The van der Waals surface area contributed by atoms with Crippen LogP contribution in [0.15, 0.2) is 12.4 Å². The summed E-state index contributed by atoms with van der Waals surface area (Å²) in [6.45, 7) is 11.7. The molecule has 114 valence electrons. The van der Waals surface area contributed by atoms with Gasteiger partial charge in [0, 0.05) is 20.6 Å². The van der Waals surface area contributed by atoms with Gasteiger partial charge in [0.05, 0.1) is 12.2 Å². The molecule has 6 heteroatoms. The largest absolute Gasteiger partial charge is 0.444 e. The minimum atomic E-state index is -0.498. The molecule has 0 aliphatic heterocycles. The average Bonchev–Trinajstić information content (AvgIpc) is 2.36. The number of hydrogen-bond acceptors (Lipinski definition) is 5. The lowest BCUT2D eigenvalue weighted by atomic mass is 10.2. The second-order valence-corrected chi connectivity index (χ2v) is 5.40. The zero-order valence-corrected chi connectivity index (χ0v) is 12.9. The quantitative estimate of drug-likeness (QED) is 0.899. The maximum Gasteiger partial charge on any atom is 0.407 e. The number of aromatic nitrogens is 2. The summed E-state index contributed by atoms with van der Waals surface area (Å²) in [4.78, 5) is 22.1. The lowest BCUT2D eigenvalue weighted by Crippen LogP contribution is -2.32. The third kappa shape index (κ3) is 5.42. The molecule has 0 unspecified atom stereocenters. The van der Waals surface area contributed by atoms with Crippen LogP contribution in [-0.2, 0) is 11.3 Å². The van der Waals surface area contributed by atoms with Crippen LogP contribution >= 0.6 is 0 Å². The Bertz CT molecular complexity index is 445. The normalized spacial score (nSPS) is 11.1. The molecule has 1 heterocycles. The highest BCUT2D eigenvalue weighted by atomic mass is 16.6. The first-order chi connectivity index (χ1) is 9.35. The Kier molecular flexibility index (Phi) is 5.73. The molecule has 0 radical (unpaired) electrons. The van der Waals surface area contributed by atoms with Gasteiger partial charge >= 0.3 is 6.09 Å². The third-order valence-electron chi connectivity index (χ3n) is 2.61. The second kappa shape index (κ2) is 7.07. The highest BCUT2D eigenvalue weighted by molar-refractivity contribution is 5.67. The molecule has 0 fully saturated rings. The van der Waals surface area contributed by atoms with Crippen LogP contribution in [0.2, 0.25) is 0 Å². The smallest absolute Gasteiger partial charge is 0.407 e. The van der Waals surface area contributed by atoms with Crippen LogP contribution in [0, 0.1) is 0 Å². The summed E-state index contributed by atoms with van der Waals surface area (Å²) in [5.74, 6) is 0.867. The summed E-state index contributed by atoms with van der Waals surface area (Å²) in [5.41, 5.74) is 0.259. The first-order valence-corrected chi connectivity index (χ1v) is 6.88. The van der Waals surface area contributed by atoms with E-state index in [1.165, 1.54) is 6.33 Å². The molecule has 1 aromatic rings. The lowest BCUT2D eigenvalue weighted by Gasteiger charge is -2.21. The van der Waals surface area contributed by atoms with E-state index in [2.05, 4.69) is 34.0 Å². The summed E-state index contributed by atoms with van der Waals surface area (Å²) in [7, 11) is 0. The maximum atomic E-state index is 11.6. The van der Waals surface area contributed by atoms with E-state index in [1.54, 1.807) is 0 Å². The predicted octanol–water partition coefficient (Wildman–Crippen LogP) is 2.59. The Morgan fingerprint density at radius 2 is 2.00 bits per heavy atom. The highest BCUT2D eigenvalue weighted by Crippen LogP contribution is 2.11. The van der Waals surface area contributed by atoms with Crippen LogP contribution in [0.1, 0.15) is 41.7 Å². The van der Waals surface area contributed by atoms with Gasteiger partial charge in [-0.05, 0) is 34.6 Å². The fraction of sp³-hybridized carbons (Fsp3) is 0.643. The number of carbonyl (C=O) groups excluding carboxylic acids is 1. The van der Waals surface area contributed by atoms with Gasteiger partial charge in [-0.15, -0.1) is 0 Å². The lowest BCUT2D eigenvalue weighted by molar-refractivity contribution is 0.0523. The topological polar surface area (TPSA) is 67.4 Å². The first kappa shape index (κ1) is 16.2. The average molecular weight is 282 g/mol.